The molecule has 0 aromatic carbocycles. The molecule has 1 unspecified atom stereocenters. The van der Waals surface area contributed by atoms with E-state index in [1.807, 2.05) is 20.8 Å². The molecule has 1 aromatic rings. The zero-order valence-electron chi connectivity index (χ0n) is 16.4. The van der Waals surface area contributed by atoms with Crippen molar-refractivity contribution in [3.8, 4) is 0 Å². The van der Waals surface area contributed by atoms with E-state index in [9.17, 15) is 9.59 Å². The largest absolute Gasteiger partial charge is 0.444 e. The van der Waals surface area contributed by atoms with Crippen molar-refractivity contribution >= 4 is 40.6 Å². The maximum Gasteiger partial charge on any atom is 0.410 e. The van der Waals surface area contributed by atoms with Crippen LogP contribution in [0.25, 0.3) is 0 Å². The fraction of sp³-hybridized carbons (Fsp3) is 0.632. The number of carbonyl (C=O) groups excluding carboxylic acids is 2. The second-order valence-corrected chi connectivity index (χ2v) is 9.78. The van der Waals surface area contributed by atoms with Crippen molar-refractivity contribution < 1.29 is 19.2 Å². The molecular weight excluding hydrogens is 402 g/mol. The molecule has 0 radical (unpaired) electrons. The smallest absolute Gasteiger partial charge is 0.410 e. The average Bonchev–Trinajstić information content (AvgIpc) is 3.27. The van der Waals surface area contributed by atoms with E-state index in [0.717, 1.165) is 18.6 Å². The molecule has 1 N–H and O–H groups in total. The topological polar surface area (TPSA) is 80.2 Å². The van der Waals surface area contributed by atoms with Gasteiger partial charge in [-0.1, -0.05) is 16.8 Å². The van der Waals surface area contributed by atoms with Gasteiger partial charge < -0.3 is 19.8 Å². The molecule has 7 nitrogen and oxygen atoms in total. The van der Waals surface area contributed by atoms with Crippen LogP contribution < -0.4 is 5.32 Å². The maximum atomic E-state index is 12.2. The molecule has 3 rings (SSSR count). The lowest BCUT2D eigenvalue weighted by Gasteiger charge is -2.33. The van der Waals surface area contributed by atoms with Crippen molar-refractivity contribution in [2.24, 2.45) is 11.1 Å². The van der Waals surface area contributed by atoms with Crippen LogP contribution in [0.3, 0.4) is 0 Å². The van der Waals surface area contributed by atoms with Crippen LogP contribution >= 0.6 is 22.9 Å². The SMILES string of the molecule is CC(C)(C)OC(=O)N1CCC(C2=NOC(CNC(=O)c3ccc(Cl)s3)C2)CC1. The Morgan fingerprint density at radius 2 is 2.07 bits per heavy atom. The van der Waals surface area contributed by atoms with E-state index in [1.165, 1.54) is 11.3 Å². The first-order valence-electron chi connectivity index (χ1n) is 9.45. The minimum Gasteiger partial charge on any atom is -0.444 e. The zero-order chi connectivity index (χ0) is 20.3. The van der Waals surface area contributed by atoms with Gasteiger partial charge in [-0.05, 0) is 45.7 Å². The first-order valence-corrected chi connectivity index (χ1v) is 10.6. The molecule has 1 fully saturated rings. The van der Waals surface area contributed by atoms with E-state index in [1.54, 1.807) is 17.0 Å². The molecule has 2 aliphatic heterocycles. The van der Waals surface area contributed by atoms with E-state index in [-0.39, 0.29) is 18.1 Å². The summed E-state index contributed by atoms with van der Waals surface area (Å²) >= 11 is 7.11. The molecule has 1 atom stereocenters. The van der Waals surface area contributed by atoms with Crippen LogP contribution in [0.15, 0.2) is 17.3 Å². The van der Waals surface area contributed by atoms with Gasteiger partial charge in [-0.25, -0.2) is 4.79 Å². The number of amides is 2. The number of nitrogens with zero attached hydrogens (tertiary/aromatic N) is 2. The molecule has 0 bridgehead atoms. The van der Waals surface area contributed by atoms with Crippen molar-refractivity contribution in [2.45, 2.75) is 51.7 Å². The number of likely N-dealkylation sites (tertiary alicyclic amines) is 1. The Morgan fingerprint density at radius 3 is 2.68 bits per heavy atom. The van der Waals surface area contributed by atoms with Crippen LogP contribution in [0.5, 0.6) is 0 Å². The number of hydrogen-bond donors (Lipinski definition) is 1. The Labute approximate surface area is 174 Å². The fourth-order valence-electron chi connectivity index (χ4n) is 3.25. The standard InChI is InChI=1S/C19H26ClN3O4S/c1-19(2,3)26-18(25)23-8-6-12(7-9-23)14-10-13(27-22-14)11-21-17(24)15-4-5-16(20)28-15/h4-5,12-13H,6-11H2,1-3H3,(H,21,24). The number of halogens is 1. The molecule has 9 heteroatoms. The molecule has 28 heavy (non-hydrogen) atoms. The Hall–Kier alpha value is -1.80. The number of thiophene rings is 1. The van der Waals surface area contributed by atoms with Gasteiger partial charge in [-0.15, -0.1) is 11.3 Å². The van der Waals surface area contributed by atoms with Gasteiger partial charge in [0.2, 0.25) is 0 Å². The number of carbonyl (C=O) groups is 2. The van der Waals surface area contributed by atoms with Gasteiger partial charge in [0.1, 0.15) is 11.7 Å². The Kier molecular flexibility index (Phi) is 6.50. The summed E-state index contributed by atoms with van der Waals surface area (Å²) in [6.07, 6.45) is 1.97. The molecule has 0 aliphatic carbocycles. The summed E-state index contributed by atoms with van der Waals surface area (Å²) in [6.45, 7) is 7.31. The van der Waals surface area contributed by atoms with Crippen molar-refractivity contribution in [1.82, 2.24) is 10.2 Å². The highest BCUT2D eigenvalue weighted by molar-refractivity contribution is 7.17. The number of hydrogen-bond acceptors (Lipinski definition) is 6. The second kappa shape index (κ2) is 8.69. The van der Waals surface area contributed by atoms with Crippen LogP contribution in [0, 0.1) is 5.92 Å². The highest BCUT2D eigenvalue weighted by Crippen LogP contribution is 2.26. The third kappa shape index (κ3) is 5.61. The fourth-order valence-corrected chi connectivity index (χ4v) is 4.21. The predicted octanol–water partition coefficient (Wildman–Crippen LogP) is 3.92. The molecule has 0 spiro atoms. The van der Waals surface area contributed by atoms with Crippen molar-refractivity contribution in [1.29, 1.82) is 0 Å². The van der Waals surface area contributed by atoms with Gasteiger partial charge in [-0.2, -0.15) is 0 Å². The minimum atomic E-state index is -0.483. The molecule has 1 saturated heterocycles. The number of piperidine rings is 1. The van der Waals surface area contributed by atoms with Crippen molar-refractivity contribution in [3.05, 3.63) is 21.3 Å². The first-order chi connectivity index (χ1) is 13.2. The third-order valence-corrected chi connectivity index (χ3v) is 5.89. The van der Waals surface area contributed by atoms with Gasteiger partial charge in [0, 0.05) is 25.4 Å². The number of rotatable bonds is 4. The van der Waals surface area contributed by atoms with Crippen molar-refractivity contribution in [2.75, 3.05) is 19.6 Å². The normalized spacial score (nSPS) is 20.5. The lowest BCUT2D eigenvalue weighted by molar-refractivity contribution is 0.0201. The molecule has 2 aliphatic rings. The first kappa shape index (κ1) is 20.9. The van der Waals surface area contributed by atoms with Gasteiger partial charge in [-0.3, -0.25) is 4.79 Å². The van der Waals surface area contributed by atoms with Crippen LogP contribution in [0.2, 0.25) is 4.34 Å². The van der Waals surface area contributed by atoms with Gasteiger partial charge >= 0.3 is 6.09 Å². The predicted molar refractivity (Wildman–Crippen MR) is 109 cm³/mol. The molecular formula is C19H26ClN3O4S. The highest BCUT2D eigenvalue weighted by atomic mass is 35.5. The summed E-state index contributed by atoms with van der Waals surface area (Å²) in [7, 11) is 0. The zero-order valence-corrected chi connectivity index (χ0v) is 17.9. The average molecular weight is 428 g/mol. The van der Waals surface area contributed by atoms with Crippen molar-refractivity contribution in [3.63, 3.8) is 0 Å². The Morgan fingerprint density at radius 1 is 1.36 bits per heavy atom. The Bertz CT molecular complexity index is 751. The van der Waals surface area contributed by atoms with Crippen LogP contribution in [0.4, 0.5) is 4.79 Å². The second-order valence-electron chi connectivity index (χ2n) is 8.07. The monoisotopic (exact) mass is 427 g/mol. The number of nitrogens with one attached hydrogen (secondary N) is 1. The van der Waals surface area contributed by atoms with Gasteiger partial charge in [0.25, 0.3) is 5.91 Å². The molecule has 154 valence electrons. The number of ether oxygens (including phenoxy) is 1. The third-order valence-electron chi connectivity index (χ3n) is 4.66. The summed E-state index contributed by atoms with van der Waals surface area (Å²) in [5.74, 6) is 0.148. The molecule has 1 aromatic heterocycles. The van der Waals surface area contributed by atoms with E-state index in [0.29, 0.717) is 41.2 Å². The van der Waals surface area contributed by atoms with E-state index < -0.39 is 5.60 Å². The number of oxime groups is 1. The summed E-state index contributed by atoms with van der Waals surface area (Å²) < 4.78 is 6.02. The quantitative estimate of drug-likeness (QED) is 0.789. The van der Waals surface area contributed by atoms with Crippen LogP contribution in [-0.2, 0) is 9.57 Å². The highest BCUT2D eigenvalue weighted by Gasteiger charge is 2.32. The minimum absolute atomic E-state index is 0.153. The van der Waals surface area contributed by atoms with Crippen LogP contribution in [-0.4, -0.2) is 54.0 Å². The van der Waals surface area contributed by atoms with Gasteiger partial charge in [0.05, 0.1) is 21.5 Å². The summed E-state index contributed by atoms with van der Waals surface area (Å²) in [5, 5.41) is 7.10. The van der Waals surface area contributed by atoms with E-state index in [2.05, 4.69) is 10.5 Å². The van der Waals surface area contributed by atoms with E-state index in [4.69, 9.17) is 21.2 Å². The van der Waals surface area contributed by atoms with E-state index >= 15 is 0 Å². The maximum absolute atomic E-state index is 12.2. The van der Waals surface area contributed by atoms with Gasteiger partial charge in [0.15, 0.2) is 0 Å². The summed E-state index contributed by atoms with van der Waals surface area (Å²) in [6, 6.07) is 3.41. The Balaban J connectivity index is 1.40. The summed E-state index contributed by atoms with van der Waals surface area (Å²) in [4.78, 5) is 32.1. The summed E-state index contributed by atoms with van der Waals surface area (Å²) in [5.41, 5.74) is 0.533. The van der Waals surface area contributed by atoms with Crippen LogP contribution in [0.1, 0.15) is 49.7 Å². The molecule has 3 heterocycles. The molecule has 0 saturated carbocycles. The molecule has 2 amide bonds. The lowest BCUT2D eigenvalue weighted by Crippen LogP contribution is -2.43. The lowest BCUT2D eigenvalue weighted by atomic mass is 9.89.